The topological polar surface area (TPSA) is 115 Å². The van der Waals surface area contributed by atoms with Crippen LogP contribution in [0, 0.1) is 12.7 Å². The molecule has 0 atom stereocenters. The maximum atomic E-state index is 14.1. The number of nitrogens with one attached hydrogen (secondary N) is 3. The first-order valence-corrected chi connectivity index (χ1v) is 12.3. The summed E-state index contributed by atoms with van der Waals surface area (Å²) in [4.78, 5) is 30.8. The lowest BCUT2D eigenvalue weighted by molar-refractivity contribution is -0.116. The number of carbonyl (C=O) groups is 1. The van der Waals surface area contributed by atoms with E-state index in [2.05, 4.69) is 30.5 Å². The standard InChI is InChI=1S/C29H25FN8O/c1-16-8-18(10-20(30)9-16)22-6-7-32-28-26(22)34-29(35-28)27-23-12-17(4-5-24(23)36-37-27)19-11-21(14-31-13-19)33-25(39)15-38(2)3/h4-14H,15H2,1-3H3,(H,33,39)(H,36,37)(H,32,34,35). The summed E-state index contributed by atoms with van der Waals surface area (Å²) in [6.07, 6.45) is 5.04. The van der Waals surface area contributed by atoms with Gasteiger partial charge in [0.2, 0.25) is 5.91 Å². The molecule has 2 aromatic carbocycles. The minimum Gasteiger partial charge on any atom is -0.335 e. The Morgan fingerprint density at radius 3 is 2.72 bits per heavy atom. The molecule has 39 heavy (non-hydrogen) atoms. The number of amides is 1. The molecule has 0 saturated carbocycles. The number of benzene rings is 2. The quantitative estimate of drug-likeness (QED) is 0.279. The number of likely N-dealkylation sites (N-methyl/N-ethyl adjacent to an activating group) is 1. The van der Waals surface area contributed by atoms with Gasteiger partial charge in [-0.3, -0.25) is 14.9 Å². The van der Waals surface area contributed by atoms with Gasteiger partial charge in [0.05, 0.1) is 29.5 Å². The van der Waals surface area contributed by atoms with E-state index in [-0.39, 0.29) is 18.3 Å². The molecule has 1 amide bonds. The molecule has 6 aromatic rings. The Bertz CT molecular complexity index is 1840. The van der Waals surface area contributed by atoms with Crippen LogP contribution < -0.4 is 5.32 Å². The zero-order valence-corrected chi connectivity index (χ0v) is 21.6. The first-order chi connectivity index (χ1) is 18.8. The molecule has 194 valence electrons. The number of aromatic nitrogens is 6. The van der Waals surface area contributed by atoms with Crippen molar-refractivity contribution in [3.05, 3.63) is 78.5 Å². The van der Waals surface area contributed by atoms with Gasteiger partial charge in [-0.25, -0.2) is 14.4 Å². The smallest absolute Gasteiger partial charge is 0.238 e. The Kier molecular flexibility index (Phi) is 6.08. The number of imidazole rings is 1. The monoisotopic (exact) mass is 520 g/mol. The number of H-pyrrole nitrogens is 2. The lowest BCUT2D eigenvalue weighted by Gasteiger charge is -2.11. The van der Waals surface area contributed by atoms with Crippen molar-refractivity contribution in [3.63, 3.8) is 0 Å². The number of nitrogens with zero attached hydrogens (tertiary/aromatic N) is 5. The van der Waals surface area contributed by atoms with E-state index in [1.807, 2.05) is 57.4 Å². The SMILES string of the molecule is Cc1cc(F)cc(-c2ccnc3nc(-c4n[nH]c5ccc(-c6cncc(NC(=O)CN(C)C)c6)cc45)[nH]c23)c1. The largest absolute Gasteiger partial charge is 0.335 e. The Morgan fingerprint density at radius 1 is 1.03 bits per heavy atom. The number of fused-ring (bicyclic) bond motifs is 2. The maximum Gasteiger partial charge on any atom is 0.238 e. The molecule has 0 aliphatic carbocycles. The average Bonchev–Trinajstić information content (AvgIpc) is 3.51. The molecule has 3 N–H and O–H groups in total. The lowest BCUT2D eigenvalue weighted by Crippen LogP contribution is -2.27. The van der Waals surface area contributed by atoms with Crippen LogP contribution in [-0.4, -0.2) is 61.6 Å². The van der Waals surface area contributed by atoms with Gasteiger partial charge in [0.1, 0.15) is 11.5 Å². The lowest BCUT2D eigenvalue weighted by atomic mass is 10.0. The van der Waals surface area contributed by atoms with Crippen molar-refractivity contribution in [3.8, 4) is 33.8 Å². The van der Waals surface area contributed by atoms with E-state index in [1.54, 1.807) is 23.5 Å². The number of aromatic amines is 2. The molecule has 0 aliphatic heterocycles. The fourth-order valence-electron chi connectivity index (χ4n) is 4.68. The number of rotatable bonds is 6. The van der Waals surface area contributed by atoms with E-state index >= 15 is 0 Å². The minimum absolute atomic E-state index is 0.113. The first-order valence-electron chi connectivity index (χ1n) is 12.3. The van der Waals surface area contributed by atoms with Crippen molar-refractivity contribution in [2.24, 2.45) is 0 Å². The molecular weight excluding hydrogens is 495 g/mol. The van der Waals surface area contributed by atoms with Crippen LogP contribution in [0.4, 0.5) is 10.1 Å². The summed E-state index contributed by atoms with van der Waals surface area (Å²) >= 11 is 0. The molecule has 10 heteroatoms. The number of aryl methyl sites for hydroxylation is 1. The van der Waals surface area contributed by atoms with E-state index < -0.39 is 0 Å². The molecule has 0 bridgehead atoms. The third-order valence-corrected chi connectivity index (χ3v) is 6.35. The summed E-state index contributed by atoms with van der Waals surface area (Å²) in [6.45, 7) is 2.14. The minimum atomic E-state index is -0.295. The zero-order valence-electron chi connectivity index (χ0n) is 21.6. The number of pyridine rings is 2. The summed E-state index contributed by atoms with van der Waals surface area (Å²) in [5.74, 6) is 0.137. The van der Waals surface area contributed by atoms with Crippen LogP contribution in [-0.2, 0) is 4.79 Å². The molecule has 0 saturated heterocycles. The summed E-state index contributed by atoms with van der Waals surface area (Å²) in [5, 5.41) is 11.3. The molecule has 4 aromatic heterocycles. The van der Waals surface area contributed by atoms with Gasteiger partial charge in [0.15, 0.2) is 11.5 Å². The molecule has 0 unspecified atom stereocenters. The van der Waals surface area contributed by atoms with E-state index in [4.69, 9.17) is 4.98 Å². The highest BCUT2D eigenvalue weighted by atomic mass is 19.1. The van der Waals surface area contributed by atoms with Crippen molar-refractivity contribution in [1.29, 1.82) is 0 Å². The number of hydrogen-bond acceptors (Lipinski definition) is 6. The molecule has 0 fully saturated rings. The maximum absolute atomic E-state index is 14.1. The summed E-state index contributed by atoms with van der Waals surface area (Å²) in [5.41, 5.74) is 7.45. The van der Waals surface area contributed by atoms with Crippen molar-refractivity contribution < 1.29 is 9.18 Å². The van der Waals surface area contributed by atoms with Crippen molar-refractivity contribution in [1.82, 2.24) is 35.0 Å². The molecule has 9 nitrogen and oxygen atoms in total. The van der Waals surface area contributed by atoms with Gasteiger partial charge in [-0.05, 0) is 74.1 Å². The molecule has 0 spiro atoms. The number of hydrogen-bond donors (Lipinski definition) is 3. The predicted molar refractivity (Wildman–Crippen MR) is 150 cm³/mol. The molecule has 6 rings (SSSR count). The van der Waals surface area contributed by atoms with Crippen LogP contribution in [0.5, 0.6) is 0 Å². The van der Waals surface area contributed by atoms with Gasteiger partial charge >= 0.3 is 0 Å². The van der Waals surface area contributed by atoms with Gasteiger partial charge in [-0.2, -0.15) is 5.10 Å². The predicted octanol–water partition coefficient (Wildman–Crippen LogP) is 5.18. The van der Waals surface area contributed by atoms with Crippen LogP contribution in [0.3, 0.4) is 0 Å². The van der Waals surface area contributed by atoms with Crippen LogP contribution in [0.2, 0.25) is 0 Å². The Labute approximate surface area is 223 Å². The Balaban J connectivity index is 1.39. The highest BCUT2D eigenvalue weighted by Crippen LogP contribution is 2.33. The second kappa shape index (κ2) is 9.73. The van der Waals surface area contributed by atoms with E-state index in [9.17, 15) is 9.18 Å². The van der Waals surface area contributed by atoms with Crippen molar-refractivity contribution in [2.75, 3.05) is 26.0 Å². The number of anilines is 1. The molecule has 4 heterocycles. The highest BCUT2D eigenvalue weighted by molar-refractivity contribution is 5.98. The van der Waals surface area contributed by atoms with Gasteiger partial charge in [-0.1, -0.05) is 12.1 Å². The van der Waals surface area contributed by atoms with Crippen molar-refractivity contribution in [2.45, 2.75) is 6.92 Å². The Hall–Kier alpha value is -4.96. The fraction of sp³-hybridized carbons (Fsp3) is 0.138. The molecule has 0 aliphatic rings. The van der Waals surface area contributed by atoms with Crippen molar-refractivity contribution >= 4 is 33.7 Å². The Morgan fingerprint density at radius 2 is 1.90 bits per heavy atom. The van der Waals surface area contributed by atoms with Crippen LogP contribution in [0.25, 0.3) is 55.8 Å². The summed E-state index contributed by atoms with van der Waals surface area (Å²) < 4.78 is 14.1. The number of halogens is 1. The van der Waals surface area contributed by atoms with Gasteiger partial charge in [0, 0.05) is 28.9 Å². The van der Waals surface area contributed by atoms with Gasteiger partial charge < -0.3 is 15.2 Å². The van der Waals surface area contributed by atoms with E-state index in [0.29, 0.717) is 28.4 Å². The first kappa shape index (κ1) is 24.4. The third kappa shape index (κ3) is 4.85. The molecule has 0 radical (unpaired) electrons. The summed E-state index contributed by atoms with van der Waals surface area (Å²) in [6, 6.07) is 14.6. The van der Waals surface area contributed by atoms with Gasteiger partial charge in [0.25, 0.3) is 0 Å². The average molecular weight is 521 g/mol. The van der Waals surface area contributed by atoms with Gasteiger partial charge in [-0.15, -0.1) is 0 Å². The fourth-order valence-corrected chi connectivity index (χ4v) is 4.68. The van der Waals surface area contributed by atoms with Crippen LogP contribution in [0.1, 0.15) is 5.56 Å². The third-order valence-electron chi connectivity index (χ3n) is 6.35. The van der Waals surface area contributed by atoms with Crippen LogP contribution >= 0.6 is 0 Å². The second-order valence-corrected chi connectivity index (χ2v) is 9.74. The molecular formula is C29H25FN8O. The highest BCUT2D eigenvalue weighted by Gasteiger charge is 2.17. The normalized spacial score (nSPS) is 11.5. The number of carbonyl (C=O) groups excluding carboxylic acids is 1. The van der Waals surface area contributed by atoms with E-state index in [1.165, 1.54) is 12.1 Å². The second-order valence-electron chi connectivity index (χ2n) is 9.74. The zero-order chi connectivity index (χ0) is 27.1. The summed E-state index contributed by atoms with van der Waals surface area (Å²) in [7, 11) is 3.68. The van der Waals surface area contributed by atoms with E-state index in [0.717, 1.165) is 38.7 Å². The van der Waals surface area contributed by atoms with Crippen LogP contribution in [0.15, 0.2) is 67.1 Å².